The van der Waals surface area contributed by atoms with E-state index in [1.54, 1.807) is 30.3 Å². The van der Waals surface area contributed by atoms with Crippen LogP contribution in [0.15, 0.2) is 46.9 Å². The highest BCUT2D eigenvalue weighted by Gasteiger charge is 2.37. The van der Waals surface area contributed by atoms with Crippen LogP contribution in [0.4, 0.5) is 10.1 Å². The van der Waals surface area contributed by atoms with Gasteiger partial charge < -0.3 is 4.90 Å². The Morgan fingerprint density at radius 3 is 2.45 bits per heavy atom. The first-order valence-corrected chi connectivity index (χ1v) is 6.76. The summed E-state index contributed by atoms with van der Waals surface area (Å²) in [5.41, 5.74) is 1.73. The van der Waals surface area contributed by atoms with Crippen LogP contribution >= 0.6 is 15.9 Å². The number of carbonyl (C=O) groups is 2. The number of nitrogens with zero attached hydrogens (tertiary/aromatic N) is 1. The number of carbonyl (C=O) groups excluding carboxylic acids is 2. The number of ketones is 1. The van der Waals surface area contributed by atoms with E-state index < -0.39 is 11.7 Å². The van der Waals surface area contributed by atoms with Crippen molar-refractivity contribution in [1.82, 2.24) is 0 Å². The van der Waals surface area contributed by atoms with Crippen LogP contribution < -0.4 is 4.90 Å². The van der Waals surface area contributed by atoms with Crippen molar-refractivity contribution in [3.05, 3.63) is 63.9 Å². The maximum atomic E-state index is 12.9. The number of anilines is 1. The molecule has 0 bridgehead atoms. The van der Waals surface area contributed by atoms with Gasteiger partial charge in [0.2, 0.25) is 0 Å². The average Bonchev–Trinajstić information content (AvgIpc) is 2.67. The summed E-state index contributed by atoms with van der Waals surface area (Å²) in [5, 5.41) is 0. The van der Waals surface area contributed by atoms with E-state index in [0.29, 0.717) is 15.7 Å². The van der Waals surface area contributed by atoms with Crippen molar-refractivity contribution >= 4 is 33.3 Å². The van der Waals surface area contributed by atoms with Crippen molar-refractivity contribution in [1.29, 1.82) is 0 Å². The molecular weight excluding hydrogens is 325 g/mol. The number of amides is 1. The Labute approximate surface area is 123 Å². The molecule has 100 valence electrons. The summed E-state index contributed by atoms with van der Waals surface area (Å²) in [5.74, 6) is -1.41. The Hall–Kier alpha value is -2.01. The standard InChI is InChI=1S/C15H9BrFNO2/c16-11-2-1-3-12-13(11)14(19)15(20)18(12)8-9-4-6-10(17)7-5-9/h1-7H,8H2. The Morgan fingerprint density at radius 1 is 1.05 bits per heavy atom. The highest BCUT2D eigenvalue weighted by molar-refractivity contribution is 9.10. The quantitative estimate of drug-likeness (QED) is 0.790. The van der Waals surface area contributed by atoms with Gasteiger partial charge in [-0.05, 0) is 45.8 Å². The molecule has 0 saturated heterocycles. The van der Waals surface area contributed by atoms with Crippen molar-refractivity contribution in [3.8, 4) is 0 Å². The maximum absolute atomic E-state index is 12.9. The summed E-state index contributed by atoms with van der Waals surface area (Å²) in [7, 11) is 0. The lowest BCUT2D eigenvalue weighted by molar-refractivity contribution is -0.114. The third kappa shape index (κ3) is 2.04. The van der Waals surface area contributed by atoms with Gasteiger partial charge in [-0.3, -0.25) is 9.59 Å². The predicted octanol–water partition coefficient (Wildman–Crippen LogP) is 3.32. The SMILES string of the molecule is O=C1C(=O)N(Cc2ccc(F)cc2)c2cccc(Br)c21. The van der Waals surface area contributed by atoms with E-state index in [1.165, 1.54) is 17.0 Å². The highest BCUT2D eigenvalue weighted by atomic mass is 79.9. The summed E-state index contributed by atoms with van der Waals surface area (Å²) in [6.45, 7) is 0.244. The first kappa shape index (κ1) is 13.0. The molecular formula is C15H9BrFNO2. The van der Waals surface area contributed by atoms with Gasteiger partial charge in [-0.1, -0.05) is 18.2 Å². The molecule has 5 heteroatoms. The summed E-state index contributed by atoms with van der Waals surface area (Å²) in [4.78, 5) is 25.5. The first-order valence-electron chi connectivity index (χ1n) is 5.97. The van der Waals surface area contributed by atoms with Gasteiger partial charge in [-0.15, -0.1) is 0 Å². The fraction of sp³-hybridized carbons (Fsp3) is 0.0667. The third-order valence-corrected chi connectivity index (χ3v) is 3.86. The lowest BCUT2D eigenvalue weighted by atomic mass is 10.1. The van der Waals surface area contributed by atoms with Crippen LogP contribution in [0.1, 0.15) is 15.9 Å². The molecule has 0 saturated carbocycles. The minimum Gasteiger partial charge on any atom is -0.300 e. The first-order chi connectivity index (χ1) is 9.58. The maximum Gasteiger partial charge on any atom is 0.299 e. The predicted molar refractivity (Wildman–Crippen MR) is 76.1 cm³/mol. The van der Waals surface area contributed by atoms with Crippen molar-refractivity contribution in [2.24, 2.45) is 0 Å². The van der Waals surface area contributed by atoms with Gasteiger partial charge >= 0.3 is 0 Å². The van der Waals surface area contributed by atoms with Gasteiger partial charge in [-0.25, -0.2) is 4.39 Å². The van der Waals surface area contributed by atoms with Gasteiger partial charge in [0.25, 0.3) is 11.7 Å². The van der Waals surface area contributed by atoms with Crippen LogP contribution in [0.2, 0.25) is 0 Å². The Balaban J connectivity index is 1.99. The lowest BCUT2D eigenvalue weighted by Crippen LogP contribution is -2.29. The summed E-state index contributed by atoms with van der Waals surface area (Å²) in [6, 6.07) is 11.1. The molecule has 3 rings (SSSR count). The molecule has 3 nitrogen and oxygen atoms in total. The molecule has 0 N–H and O–H groups in total. The molecule has 0 fully saturated rings. The third-order valence-electron chi connectivity index (χ3n) is 3.20. The highest BCUT2D eigenvalue weighted by Crippen LogP contribution is 2.35. The molecule has 2 aromatic rings. The van der Waals surface area contributed by atoms with Crippen molar-refractivity contribution < 1.29 is 14.0 Å². The zero-order valence-corrected chi connectivity index (χ0v) is 11.9. The molecule has 0 unspecified atom stereocenters. The van der Waals surface area contributed by atoms with Gasteiger partial charge in [0.05, 0.1) is 17.8 Å². The van der Waals surface area contributed by atoms with Crippen molar-refractivity contribution in [2.75, 3.05) is 4.90 Å². The summed E-state index contributed by atoms with van der Waals surface area (Å²) < 4.78 is 13.5. The lowest BCUT2D eigenvalue weighted by Gasteiger charge is -2.16. The van der Waals surface area contributed by atoms with Crippen LogP contribution in [0, 0.1) is 5.82 Å². The van der Waals surface area contributed by atoms with E-state index in [0.717, 1.165) is 5.56 Å². The van der Waals surface area contributed by atoms with E-state index in [1.807, 2.05) is 0 Å². The van der Waals surface area contributed by atoms with Gasteiger partial charge in [0.1, 0.15) is 5.82 Å². The number of rotatable bonds is 2. The molecule has 0 atom stereocenters. The van der Waals surface area contributed by atoms with Crippen LogP contribution in [-0.2, 0) is 11.3 Å². The molecule has 0 spiro atoms. The minimum atomic E-state index is -0.559. The largest absolute Gasteiger partial charge is 0.300 e. The Kier molecular flexibility index (Phi) is 3.14. The number of hydrogen-bond acceptors (Lipinski definition) is 2. The van der Waals surface area contributed by atoms with Crippen molar-refractivity contribution in [3.63, 3.8) is 0 Å². The molecule has 1 aliphatic rings. The van der Waals surface area contributed by atoms with Crippen LogP contribution in [0.5, 0.6) is 0 Å². The second-order valence-electron chi connectivity index (χ2n) is 4.48. The molecule has 0 aromatic heterocycles. The zero-order chi connectivity index (χ0) is 14.3. The fourth-order valence-electron chi connectivity index (χ4n) is 2.23. The van der Waals surface area contributed by atoms with Gasteiger partial charge in [-0.2, -0.15) is 0 Å². The molecule has 1 aliphatic heterocycles. The average molecular weight is 334 g/mol. The summed E-state index contributed by atoms with van der Waals surface area (Å²) >= 11 is 3.29. The number of benzene rings is 2. The van der Waals surface area contributed by atoms with Crippen LogP contribution in [0.25, 0.3) is 0 Å². The Morgan fingerprint density at radius 2 is 1.75 bits per heavy atom. The molecule has 0 radical (unpaired) electrons. The number of Topliss-reactive ketones (excluding diaryl/α,β-unsaturated/α-hetero) is 1. The monoisotopic (exact) mass is 333 g/mol. The van der Waals surface area contributed by atoms with E-state index >= 15 is 0 Å². The second kappa shape index (κ2) is 4.83. The smallest absolute Gasteiger partial charge is 0.299 e. The van der Waals surface area contributed by atoms with Crippen molar-refractivity contribution in [2.45, 2.75) is 6.54 Å². The number of halogens is 2. The van der Waals surface area contributed by atoms with E-state index in [2.05, 4.69) is 15.9 Å². The molecule has 1 amide bonds. The normalized spacial score (nSPS) is 13.8. The molecule has 20 heavy (non-hydrogen) atoms. The molecule has 0 aliphatic carbocycles. The van der Waals surface area contributed by atoms with Crippen LogP contribution in [-0.4, -0.2) is 11.7 Å². The van der Waals surface area contributed by atoms with Gasteiger partial charge in [0.15, 0.2) is 0 Å². The topological polar surface area (TPSA) is 37.4 Å². The Bertz CT molecular complexity index is 712. The van der Waals surface area contributed by atoms with E-state index in [-0.39, 0.29) is 12.4 Å². The molecule has 1 heterocycles. The zero-order valence-electron chi connectivity index (χ0n) is 10.3. The minimum absolute atomic E-state index is 0.244. The number of fused-ring (bicyclic) bond motifs is 1. The molecule has 2 aromatic carbocycles. The second-order valence-corrected chi connectivity index (χ2v) is 5.34. The van der Waals surface area contributed by atoms with Gasteiger partial charge in [0, 0.05) is 4.47 Å². The van der Waals surface area contributed by atoms with E-state index in [4.69, 9.17) is 0 Å². The number of hydrogen-bond donors (Lipinski definition) is 0. The van der Waals surface area contributed by atoms with E-state index in [9.17, 15) is 14.0 Å². The summed E-state index contributed by atoms with van der Waals surface area (Å²) in [6.07, 6.45) is 0. The fourth-order valence-corrected chi connectivity index (χ4v) is 2.77. The van der Waals surface area contributed by atoms with Crippen LogP contribution in [0.3, 0.4) is 0 Å².